The van der Waals surface area contributed by atoms with Gasteiger partial charge in [-0.25, -0.2) is 4.39 Å². The number of hydrogen-bond donors (Lipinski definition) is 0. The summed E-state index contributed by atoms with van der Waals surface area (Å²) in [4.78, 5) is 10.8. The van der Waals surface area contributed by atoms with E-state index in [9.17, 15) is 9.18 Å². The van der Waals surface area contributed by atoms with Crippen molar-refractivity contribution >= 4 is 21.9 Å². The van der Waals surface area contributed by atoms with Crippen LogP contribution in [-0.2, 0) is 16.0 Å². The van der Waals surface area contributed by atoms with Gasteiger partial charge < -0.3 is 4.74 Å². The average Bonchev–Trinajstić information content (AvgIpc) is 2.30. The predicted octanol–water partition coefficient (Wildman–Crippen LogP) is 3.08. The molecule has 1 aromatic rings. The summed E-state index contributed by atoms with van der Waals surface area (Å²) in [5.41, 5.74) is 1.07. The van der Waals surface area contributed by atoms with Crippen LogP contribution in [0.4, 0.5) is 4.39 Å². The number of esters is 1. The van der Waals surface area contributed by atoms with Gasteiger partial charge >= 0.3 is 5.97 Å². The van der Waals surface area contributed by atoms with Gasteiger partial charge in [-0.2, -0.15) is 0 Å². The average molecular weight is 289 g/mol. The number of rotatable bonds is 5. The van der Waals surface area contributed by atoms with Crippen molar-refractivity contribution in [2.24, 2.45) is 0 Å². The van der Waals surface area contributed by atoms with Crippen molar-refractivity contribution in [3.63, 3.8) is 0 Å². The molecule has 0 fully saturated rings. The lowest BCUT2D eigenvalue weighted by Crippen LogP contribution is -2.15. The zero-order valence-electron chi connectivity index (χ0n) is 9.08. The van der Waals surface area contributed by atoms with Gasteiger partial charge in [-0.05, 0) is 37.0 Å². The summed E-state index contributed by atoms with van der Waals surface area (Å²) >= 11 is 3.25. The van der Waals surface area contributed by atoms with Crippen molar-refractivity contribution in [1.29, 1.82) is 0 Å². The smallest absolute Gasteiger partial charge is 0.319 e. The first kappa shape index (κ1) is 13.2. The van der Waals surface area contributed by atoms with E-state index in [4.69, 9.17) is 0 Å². The first-order chi connectivity index (χ1) is 7.63. The second-order valence-corrected chi connectivity index (χ2v) is 4.61. The van der Waals surface area contributed by atoms with Gasteiger partial charge in [0.05, 0.1) is 7.11 Å². The zero-order valence-corrected chi connectivity index (χ0v) is 10.7. The largest absolute Gasteiger partial charge is 0.468 e. The van der Waals surface area contributed by atoms with E-state index >= 15 is 0 Å². The molecule has 0 saturated heterocycles. The molecule has 1 unspecified atom stereocenters. The first-order valence-electron chi connectivity index (χ1n) is 5.10. The molecule has 1 aromatic carbocycles. The number of hydrogen-bond acceptors (Lipinski definition) is 2. The van der Waals surface area contributed by atoms with Crippen LogP contribution < -0.4 is 0 Å². The monoisotopic (exact) mass is 288 g/mol. The van der Waals surface area contributed by atoms with Crippen LogP contribution in [0.1, 0.15) is 18.4 Å². The van der Waals surface area contributed by atoms with Crippen molar-refractivity contribution in [3.05, 3.63) is 35.6 Å². The minimum absolute atomic E-state index is 0.225. The van der Waals surface area contributed by atoms with E-state index in [0.29, 0.717) is 6.42 Å². The van der Waals surface area contributed by atoms with Crippen molar-refractivity contribution < 1.29 is 13.9 Å². The molecule has 0 saturated carbocycles. The second-order valence-electron chi connectivity index (χ2n) is 3.51. The molecule has 4 heteroatoms. The minimum atomic E-state index is -0.252. The summed E-state index contributed by atoms with van der Waals surface area (Å²) in [6.45, 7) is 0. The van der Waals surface area contributed by atoms with Crippen molar-refractivity contribution in [2.45, 2.75) is 24.1 Å². The van der Waals surface area contributed by atoms with Gasteiger partial charge in [-0.3, -0.25) is 4.79 Å². The molecular weight excluding hydrogens is 275 g/mol. The number of alkyl halides is 1. The third kappa shape index (κ3) is 4.31. The van der Waals surface area contributed by atoms with E-state index in [1.54, 1.807) is 12.1 Å². The Morgan fingerprint density at radius 2 is 2.06 bits per heavy atom. The molecule has 0 aliphatic heterocycles. The molecule has 16 heavy (non-hydrogen) atoms. The first-order valence-corrected chi connectivity index (χ1v) is 6.01. The number of aryl methyl sites for hydroxylation is 1. The van der Waals surface area contributed by atoms with Gasteiger partial charge in [0.25, 0.3) is 0 Å². The summed E-state index contributed by atoms with van der Waals surface area (Å²) in [6, 6.07) is 6.41. The Kier molecular flexibility index (Phi) is 5.46. The van der Waals surface area contributed by atoms with Gasteiger partial charge in [0, 0.05) is 0 Å². The van der Waals surface area contributed by atoms with Gasteiger partial charge in [0.2, 0.25) is 0 Å². The quantitative estimate of drug-likeness (QED) is 0.615. The molecule has 0 aliphatic rings. The third-order valence-corrected chi connectivity index (χ3v) is 3.12. The Bertz CT molecular complexity index is 337. The van der Waals surface area contributed by atoms with Crippen LogP contribution in [-0.4, -0.2) is 17.9 Å². The Labute approximate surface area is 103 Å². The van der Waals surface area contributed by atoms with Crippen LogP contribution in [0.25, 0.3) is 0 Å². The maximum Gasteiger partial charge on any atom is 0.319 e. The maximum atomic E-state index is 12.6. The molecule has 0 N–H and O–H groups in total. The van der Waals surface area contributed by atoms with Crippen LogP contribution in [0.3, 0.4) is 0 Å². The normalized spacial score (nSPS) is 12.2. The maximum absolute atomic E-state index is 12.6. The minimum Gasteiger partial charge on any atom is -0.468 e. The van der Waals surface area contributed by atoms with E-state index in [1.165, 1.54) is 19.2 Å². The van der Waals surface area contributed by atoms with Crippen LogP contribution in [0, 0.1) is 5.82 Å². The lowest BCUT2D eigenvalue weighted by atomic mass is 10.1. The number of methoxy groups -OCH3 is 1. The van der Waals surface area contributed by atoms with Crippen LogP contribution in [0.2, 0.25) is 0 Å². The van der Waals surface area contributed by atoms with E-state index in [2.05, 4.69) is 20.7 Å². The predicted molar refractivity (Wildman–Crippen MR) is 64.1 cm³/mol. The summed E-state index contributed by atoms with van der Waals surface area (Å²) in [6.07, 6.45) is 2.40. The highest BCUT2D eigenvalue weighted by molar-refractivity contribution is 9.10. The van der Waals surface area contributed by atoms with Crippen molar-refractivity contribution in [1.82, 2.24) is 0 Å². The highest BCUT2D eigenvalue weighted by atomic mass is 79.9. The molecule has 0 spiro atoms. The topological polar surface area (TPSA) is 26.3 Å². The fourth-order valence-corrected chi connectivity index (χ4v) is 1.89. The summed E-state index contributed by atoms with van der Waals surface area (Å²) in [5.74, 6) is -0.476. The van der Waals surface area contributed by atoms with E-state index in [0.717, 1.165) is 18.4 Å². The molecule has 88 valence electrons. The van der Waals surface area contributed by atoms with E-state index < -0.39 is 0 Å². The Hall–Kier alpha value is -0.900. The van der Waals surface area contributed by atoms with Crippen LogP contribution in [0.15, 0.2) is 24.3 Å². The second kappa shape index (κ2) is 6.63. The van der Waals surface area contributed by atoms with Crippen LogP contribution in [0.5, 0.6) is 0 Å². The van der Waals surface area contributed by atoms with Crippen molar-refractivity contribution in [2.75, 3.05) is 7.11 Å². The molecule has 1 atom stereocenters. The molecule has 0 amide bonds. The number of carbonyl (C=O) groups is 1. The lowest BCUT2D eigenvalue weighted by molar-refractivity contribution is -0.139. The molecule has 0 heterocycles. The summed E-state index contributed by atoms with van der Waals surface area (Å²) < 4.78 is 17.2. The number of ether oxygens (including phenoxy) is 1. The highest BCUT2D eigenvalue weighted by Gasteiger charge is 2.14. The molecule has 2 nitrogen and oxygen atoms in total. The lowest BCUT2D eigenvalue weighted by Gasteiger charge is -2.07. The summed E-state index contributed by atoms with van der Waals surface area (Å²) in [5, 5.41) is 0. The van der Waals surface area contributed by atoms with Gasteiger partial charge in [-0.1, -0.05) is 28.1 Å². The van der Waals surface area contributed by atoms with Gasteiger partial charge in [-0.15, -0.1) is 0 Å². The fraction of sp³-hybridized carbons (Fsp3) is 0.417. The molecule has 0 bridgehead atoms. The van der Waals surface area contributed by atoms with E-state index in [1.807, 2.05) is 0 Å². The molecule has 1 rings (SSSR count). The zero-order chi connectivity index (χ0) is 12.0. The van der Waals surface area contributed by atoms with E-state index in [-0.39, 0.29) is 16.6 Å². The SMILES string of the molecule is COC(=O)C(Br)CCCc1ccc(F)cc1. The fourth-order valence-electron chi connectivity index (χ4n) is 1.38. The summed E-state index contributed by atoms with van der Waals surface area (Å²) in [7, 11) is 1.37. The van der Waals surface area contributed by atoms with Gasteiger partial charge in [0.1, 0.15) is 10.6 Å². The Balaban J connectivity index is 2.30. The highest BCUT2D eigenvalue weighted by Crippen LogP contribution is 2.13. The Morgan fingerprint density at radius 3 is 2.62 bits per heavy atom. The molecular formula is C12H14BrFO2. The molecule has 0 aromatic heterocycles. The molecule has 0 radical (unpaired) electrons. The van der Waals surface area contributed by atoms with Gasteiger partial charge in [0.15, 0.2) is 0 Å². The number of halogens is 2. The molecule has 0 aliphatic carbocycles. The van der Waals surface area contributed by atoms with Crippen molar-refractivity contribution in [3.8, 4) is 0 Å². The number of benzene rings is 1. The third-order valence-electron chi connectivity index (χ3n) is 2.29. The van der Waals surface area contributed by atoms with Crippen LogP contribution >= 0.6 is 15.9 Å². The number of carbonyl (C=O) groups excluding carboxylic acids is 1. The standard InChI is InChI=1S/C12H14BrFO2/c1-16-12(15)11(13)4-2-3-9-5-7-10(14)8-6-9/h5-8,11H,2-4H2,1H3. The Morgan fingerprint density at radius 1 is 1.44 bits per heavy atom.